The number of carbonyl (C=O) groups is 2. The van der Waals surface area contributed by atoms with Crippen molar-refractivity contribution in [3.63, 3.8) is 0 Å². The lowest BCUT2D eigenvalue weighted by Gasteiger charge is -2.15. The third kappa shape index (κ3) is 2.00. The number of hydrogen-bond donors (Lipinski definition) is 3. The molecule has 0 aromatic heterocycles. The van der Waals surface area contributed by atoms with Crippen LogP contribution in [-0.2, 0) is 16.1 Å². The van der Waals surface area contributed by atoms with Crippen LogP contribution in [0.2, 0.25) is 0 Å². The van der Waals surface area contributed by atoms with Crippen molar-refractivity contribution in [3.8, 4) is 0 Å². The number of hydrogen-bond acceptors (Lipinski definition) is 5. The Hall–Kier alpha value is -1.92. The number of carbonyl (C=O) groups excluding carboxylic acids is 2. The van der Waals surface area contributed by atoms with Crippen LogP contribution in [0.4, 0.5) is 0 Å². The summed E-state index contributed by atoms with van der Waals surface area (Å²) in [5.41, 5.74) is 6.16. The normalized spacial score (nSPS) is 17.2. The Morgan fingerprint density at radius 3 is 2.76 bits per heavy atom. The molecule has 2 rings (SSSR count). The highest BCUT2D eigenvalue weighted by Gasteiger charge is 2.27. The topological polar surface area (TPSA) is 110 Å². The van der Waals surface area contributed by atoms with E-state index in [9.17, 15) is 19.8 Å². The number of amides is 1. The molecule has 4 N–H and O–H groups in total. The lowest BCUT2D eigenvalue weighted by Crippen LogP contribution is -2.33. The molecule has 1 aromatic rings. The van der Waals surface area contributed by atoms with Gasteiger partial charge in [0.2, 0.25) is 5.91 Å². The zero-order chi connectivity index (χ0) is 12.6. The van der Waals surface area contributed by atoms with Gasteiger partial charge in [0.05, 0.1) is 5.56 Å². The van der Waals surface area contributed by atoms with Crippen molar-refractivity contribution in [1.82, 2.24) is 0 Å². The van der Waals surface area contributed by atoms with Gasteiger partial charge in [0, 0.05) is 5.56 Å². The van der Waals surface area contributed by atoms with Crippen LogP contribution in [0.1, 0.15) is 27.6 Å². The Labute approximate surface area is 96.6 Å². The summed E-state index contributed by atoms with van der Waals surface area (Å²) < 4.78 is 4.79. The van der Waals surface area contributed by atoms with E-state index in [2.05, 4.69) is 0 Å². The molecular formula is C11H11NO5. The summed E-state index contributed by atoms with van der Waals surface area (Å²) in [6.45, 7) is 0.197. The van der Waals surface area contributed by atoms with Crippen molar-refractivity contribution in [1.29, 1.82) is 0 Å². The molecule has 1 aliphatic heterocycles. The predicted octanol–water partition coefficient (Wildman–Crippen LogP) is -0.763. The zero-order valence-corrected chi connectivity index (χ0v) is 8.79. The Bertz CT molecular complexity index is 485. The molecule has 0 bridgehead atoms. The van der Waals surface area contributed by atoms with Gasteiger partial charge in [-0.25, -0.2) is 4.79 Å². The number of aliphatic hydroxyl groups excluding tert-OH is 2. The maximum Gasteiger partial charge on any atom is 0.338 e. The molecular weight excluding hydrogens is 226 g/mol. The Morgan fingerprint density at radius 2 is 2.12 bits per heavy atom. The number of primary amides is 1. The third-order valence-electron chi connectivity index (χ3n) is 2.64. The molecule has 17 heavy (non-hydrogen) atoms. The summed E-state index contributed by atoms with van der Waals surface area (Å²) in [5, 5.41) is 19.0. The smallest absolute Gasteiger partial charge is 0.338 e. The van der Waals surface area contributed by atoms with Gasteiger partial charge in [0.15, 0.2) is 6.10 Å². The lowest BCUT2D eigenvalue weighted by atomic mass is 9.99. The van der Waals surface area contributed by atoms with E-state index < -0.39 is 24.1 Å². The molecule has 6 heteroatoms. The van der Waals surface area contributed by atoms with Gasteiger partial charge in [-0.1, -0.05) is 12.1 Å². The summed E-state index contributed by atoms with van der Waals surface area (Å²) in [6.07, 6.45) is -3.16. The third-order valence-corrected chi connectivity index (χ3v) is 2.64. The first kappa shape index (κ1) is 11.6. The average Bonchev–Trinajstić information content (AvgIpc) is 2.68. The number of nitrogens with two attached hydrogens (primary N) is 1. The molecule has 1 heterocycles. The van der Waals surface area contributed by atoms with Crippen molar-refractivity contribution >= 4 is 11.9 Å². The van der Waals surface area contributed by atoms with E-state index in [0.717, 1.165) is 0 Å². The van der Waals surface area contributed by atoms with E-state index in [1.54, 1.807) is 6.07 Å². The molecule has 0 fully saturated rings. The highest BCUT2D eigenvalue weighted by Crippen LogP contribution is 2.25. The lowest BCUT2D eigenvalue weighted by molar-refractivity contribution is -0.131. The van der Waals surface area contributed by atoms with Crippen LogP contribution >= 0.6 is 0 Å². The van der Waals surface area contributed by atoms with Crippen molar-refractivity contribution < 1.29 is 24.5 Å². The number of ether oxygens (including phenoxy) is 1. The maximum atomic E-state index is 11.3. The first-order valence-electron chi connectivity index (χ1n) is 4.96. The van der Waals surface area contributed by atoms with Gasteiger partial charge >= 0.3 is 5.97 Å². The summed E-state index contributed by atoms with van der Waals surface area (Å²) in [4.78, 5) is 22.0. The molecule has 2 unspecified atom stereocenters. The highest BCUT2D eigenvalue weighted by atomic mass is 16.5. The minimum absolute atomic E-state index is 0.197. The van der Waals surface area contributed by atoms with Gasteiger partial charge in [-0.15, -0.1) is 0 Å². The van der Waals surface area contributed by atoms with Crippen LogP contribution in [0, 0.1) is 0 Å². The molecule has 0 spiro atoms. The van der Waals surface area contributed by atoms with Crippen LogP contribution < -0.4 is 5.73 Å². The molecule has 0 saturated carbocycles. The van der Waals surface area contributed by atoms with E-state index in [1.165, 1.54) is 12.1 Å². The van der Waals surface area contributed by atoms with E-state index in [1.807, 2.05) is 0 Å². The minimum Gasteiger partial charge on any atom is -0.457 e. The highest BCUT2D eigenvalue weighted by molar-refractivity contribution is 5.93. The van der Waals surface area contributed by atoms with Gasteiger partial charge < -0.3 is 20.7 Å². The van der Waals surface area contributed by atoms with Crippen molar-refractivity contribution in [2.45, 2.75) is 18.8 Å². The number of rotatable bonds is 3. The number of fused-ring (bicyclic) bond motifs is 1. The van der Waals surface area contributed by atoms with Crippen molar-refractivity contribution in [3.05, 3.63) is 34.9 Å². The first-order chi connectivity index (χ1) is 8.00. The Balaban J connectivity index is 2.32. The van der Waals surface area contributed by atoms with E-state index in [0.29, 0.717) is 11.1 Å². The Morgan fingerprint density at radius 1 is 1.41 bits per heavy atom. The van der Waals surface area contributed by atoms with Crippen LogP contribution in [-0.4, -0.2) is 28.2 Å². The molecule has 2 atom stereocenters. The first-order valence-corrected chi connectivity index (χ1v) is 4.96. The summed E-state index contributed by atoms with van der Waals surface area (Å²) in [5.74, 6) is -1.51. The number of benzene rings is 1. The fourth-order valence-electron chi connectivity index (χ4n) is 1.65. The zero-order valence-electron chi connectivity index (χ0n) is 8.79. The monoisotopic (exact) mass is 237 g/mol. The second-order valence-electron chi connectivity index (χ2n) is 3.78. The summed E-state index contributed by atoms with van der Waals surface area (Å²) in [7, 11) is 0. The van der Waals surface area contributed by atoms with Crippen LogP contribution in [0.5, 0.6) is 0 Å². The molecule has 0 aliphatic carbocycles. The summed E-state index contributed by atoms with van der Waals surface area (Å²) >= 11 is 0. The quantitative estimate of drug-likeness (QED) is 0.598. The second kappa shape index (κ2) is 4.15. The molecule has 6 nitrogen and oxygen atoms in total. The molecule has 90 valence electrons. The largest absolute Gasteiger partial charge is 0.457 e. The van der Waals surface area contributed by atoms with Gasteiger partial charge in [0.1, 0.15) is 12.7 Å². The van der Waals surface area contributed by atoms with E-state index in [4.69, 9.17) is 10.5 Å². The van der Waals surface area contributed by atoms with Crippen LogP contribution in [0.3, 0.4) is 0 Å². The standard InChI is InChI=1S/C11H11NO5/c12-10(15)9(14)8(13)5-1-2-6-4-17-11(16)7(6)3-5/h1-3,8-9,13-14H,4H2,(H2,12,15). The average molecular weight is 237 g/mol. The number of cyclic esters (lactones) is 1. The predicted molar refractivity (Wildman–Crippen MR) is 55.7 cm³/mol. The van der Waals surface area contributed by atoms with Crippen LogP contribution in [0.15, 0.2) is 18.2 Å². The van der Waals surface area contributed by atoms with Gasteiger partial charge in [-0.05, 0) is 11.6 Å². The molecule has 0 saturated heterocycles. The molecule has 1 aromatic carbocycles. The SMILES string of the molecule is NC(=O)C(O)C(O)c1ccc2c(c1)C(=O)OC2. The number of esters is 1. The Kier molecular flexibility index (Phi) is 2.83. The second-order valence-corrected chi connectivity index (χ2v) is 3.78. The molecule has 1 aliphatic rings. The molecule has 0 radical (unpaired) electrons. The minimum atomic E-state index is -1.70. The van der Waals surface area contributed by atoms with E-state index in [-0.39, 0.29) is 12.2 Å². The van der Waals surface area contributed by atoms with Gasteiger partial charge in [-0.2, -0.15) is 0 Å². The van der Waals surface area contributed by atoms with Gasteiger partial charge in [0.25, 0.3) is 0 Å². The van der Waals surface area contributed by atoms with Crippen LogP contribution in [0.25, 0.3) is 0 Å². The van der Waals surface area contributed by atoms with Crippen molar-refractivity contribution in [2.24, 2.45) is 5.73 Å². The fraction of sp³-hybridized carbons (Fsp3) is 0.273. The molecule has 1 amide bonds. The maximum absolute atomic E-state index is 11.3. The van der Waals surface area contributed by atoms with Gasteiger partial charge in [-0.3, -0.25) is 4.79 Å². The fourth-order valence-corrected chi connectivity index (χ4v) is 1.65. The van der Waals surface area contributed by atoms with Crippen molar-refractivity contribution in [2.75, 3.05) is 0 Å². The summed E-state index contributed by atoms with van der Waals surface area (Å²) in [6, 6.07) is 4.51. The number of aliphatic hydroxyl groups is 2. The van der Waals surface area contributed by atoms with E-state index >= 15 is 0 Å².